The number of benzene rings is 2. The molecule has 7 rings (SSSR count). The van der Waals surface area contributed by atoms with Crippen LogP contribution in [0.5, 0.6) is 0 Å². The third-order valence-electron chi connectivity index (χ3n) is 11.0. The van der Waals surface area contributed by atoms with E-state index in [1.807, 2.05) is 0 Å². The van der Waals surface area contributed by atoms with Gasteiger partial charge in [-0.05, 0) is 103 Å². The van der Waals surface area contributed by atoms with Crippen LogP contribution in [-0.4, -0.2) is 23.1 Å². The molecule has 0 saturated heterocycles. The molecule has 0 aliphatic heterocycles. The zero-order valence-electron chi connectivity index (χ0n) is 22.8. The molecule has 0 amide bonds. The summed E-state index contributed by atoms with van der Waals surface area (Å²) in [6, 6.07) is 23.5. The monoisotopic (exact) mass is 518 g/mol. The highest BCUT2D eigenvalue weighted by Crippen LogP contribution is 2.69. The molecule has 5 saturated carbocycles. The molecular formula is C34H48P2. The fourth-order valence-electron chi connectivity index (χ4n) is 8.84. The van der Waals surface area contributed by atoms with Crippen molar-refractivity contribution >= 4 is 26.5 Å². The smallest absolute Gasteiger partial charge is 0.00914 e. The second-order valence-corrected chi connectivity index (χ2v) is 18.4. The molecule has 2 aromatic rings. The lowest BCUT2D eigenvalue weighted by atomic mass is 9.46. The molecule has 2 heteroatoms. The molecule has 2 unspecified atom stereocenters. The van der Waals surface area contributed by atoms with Crippen LogP contribution in [0.4, 0.5) is 0 Å². The fourth-order valence-corrected chi connectivity index (χ4v) is 16.5. The molecule has 2 aromatic carbocycles. The highest BCUT2D eigenvalue weighted by atomic mass is 31.1. The van der Waals surface area contributed by atoms with Crippen LogP contribution in [0.3, 0.4) is 0 Å². The lowest BCUT2D eigenvalue weighted by molar-refractivity contribution is -0.0946. The van der Waals surface area contributed by atoms with Gasteiger partial charge in [-0.1, -0.05) is 113 Å². The third-order valence-corrected chi connectivity index (χ3v) is 17.7. The zero-order valence-corrected chi connectivity index (χ0v) is 24.6. The van der Waals surface area contributed by atoms with Gasteiger partial charge >= 0.3 is 0 Å². The van der Waals surface area contributed by atoms with E-state index in [-0.39, 0.29) is 15.8 Å². The van der Waals surface area contributed by atoms with Crippen LogP contribution in [0.1, 0.15) is 90.9 Å². The Morgan fingerprint density at radius 1 is 0.667 bits per heavy atom. The molecule has 5 aliphatic carbocycles. The molecular weight excluding hydrogens is 470 g/mol. The molecule has 0 nitrogen and oxygen atoms in total. The molecule has 4 atom stereocenters. The summed E-state index contributed by atoms with van der Waals surface area (Å²) in [7, 11) is -0.143. The van der Waals surface area contributed by atoms with E-state index in [1.165, 1.54) is 51.4 Å². The molecule has 0 N–H and O–H groups in total. The van der Waals surface area contributed by atoms with Crippen LogP contribution in [-0.2, 0) is 0 Å². The minimum absolute atomic E-state index is 0.158. The van der Waals surface area contributed by atoms with Crippen molar-refractivity contribution in [3.8, 4) is 0 Å². The quantitative estimate of drug-likeness (QED) is 0.320. The lowest BCUT2D eigenvalue weighted by Crippen LogP contribution is -2.58. The van der Waals surface area contributed by atoms with Crippen LogP contribution in [0.2, 0.25) is 0 Å². The van der Waals surface area contributed by atoms with Gasteiger partial charge in [0.25, 0.3) is 0 Å². The zero-order chi connectivity index (χ0) is 24.5. The van der Waals surface area contributed by atoms with E-state index >= 15 is 0 Å². The summed E-state index contributed by atoms with van der Waals surface area (Å²) in [5, 5.41) is 3.26. The van der Waals surface area contributed by atoms with E-state index in [4.69, 9.17) is 0 Å². The standard InChI is InChI=1S/C34H48P2/c1-34(2)26-23-32(34)31(25-35(27-15-7-3-8-16-27)28-17-9-4-10-18-28)33(24-26)36(29-19-11-5-12-20-29)30-21-13-6-14-22-30/h5-6,11-14,19-22,26-28,31-33H,3-4,7-10,15-18,23-25H2,1-2H3/t26?,31-,32?,33+/m1/s1. The molecule has 0 radical (unpaired) electrons. The molecule has 194 valence electrons. The van der Waals surface area contributed by atoms with E-state index < -0.39 is 0 Å². The molecule has 5 fully saturated rings. The normalized spacial score (nSPS) is 30.9. The summed E-state index contributed by atoms with van der Waals surface area (Å²) in [5.74, 6) is 2.83. The summed E-state index contributed by atoms with van der Waals surface area (Å²) in [6.45, 7) is 5.29. The summed E-state index contributed by atoms with van der Waals surface area (Å²) in [6.07, 6.45) is 19.9. The number of hydrogen-bond acceptors (Lipinski definition) is 0. The number of rotatable bonds is 7. The highest BCUT2D eigenvalue weighted by molar-refractivity contribution is 7.73. The first-order valence-corrected chi connectivity index (χ1v) is 18.4. The lowest BCUT2D eigenvalue weighted by Gasteiger charge is -2.64. The third kappa shape index (κ3) is 5.01. The van der Waals surface area contributed by atoms with Gasteiger partial charge in [-0.3, -0.25) is 0 Å². The SMILES string of the molecule is CC1(C)C2CC1[C@@H](CP(C1CCCCC1)C1CCCCC1)[C@@H](P(c1ccccc1)c1ccccc1)C2. The predicted molar refractivity (Wildman–Crippen MR) is 162 cm³/mol. The Morgan fingerprint density at radius 3 is 1.64 bits per heavy atom. The first kappa shape index (κ1) is 25.6. The first-order valence-electron chi connectivity index (χ1n) is 15.3. The van der Waals surface area contributed by atoms with Crippen LogP contribution < -0.4 is 10.6 Å². The van der Waals surface area contributed by atoms with Crippen LogP contribution >= 0.6 is 15.8 Å². The topological polar surface area (TPSA) is 0 Å². The highest BCUT2D eigenvalue weighted by Gasteiger charge is 2.59. The van der Waals surface area contributed by atoms with Gasteiger partial charge in [0.1, 0.15) is 0 Å². The van der Waals surface area contributed by atoms with E-state index in [2.05, 4.69) is 74.5 Å². The Labute approximate surface area is 223 Å². The summed E-state index contributed by atoms with van der Waals surface area (Å²) >= 11 is 0. The van der Waals surface area contributed by atoms with Crippen molar-refractivity contribution in [2.24, 2.45) is 23.2 Å². The van der Waals surface area contributed by atoms with E-state index in [0.29, 0.717) is 5.41 Å². The molecule has 2 bridgehead atoms. The Kier molecular flexibility index (Phi) is 7.95. The first-order chi connectivity index (χ1) is 17.6. The van der Waals surface area contributed by atoms with Crippen LogP contribution in [0, 0.1) is 23.2 Å². The predicted octanol–water partition coefficient (Wildman–Crippen LogP) is 9.32. The van der Waals surface area contributed by atoms with Gasteiger partial charge in [0.15, 0.2) is 0 Å². The molecule has 0 aromatic heterocycles. The van der Waals surface area contributed by atoms with Gasteiger partial charge in [-0.25, -0.2) is 0 Å². The maximum Gasteiger partial charge on any atom is -0.00914 e. The second-order valence-electron chi connectivity index (χ2n) is 13.1. The minimum Gasteiger partial charge on any atom is -0.100 e. The Bertz CT molecular complexity index is 900. The average Bonchev–Trinajstić information content (AvgIpc) is 2.94. The van der Waals surface area contributed by atoms with Gasteiger partial charge in [-0.15, -0.1) is 7.92 Å². The Morgan fingerprint density at radius 2 is 1.17 bits per heavy atom. The van der Waals surface area contributed by atoms with E-state index in [1.54, 1.807) is 42.5 Å². The largest absolute Gasteiger partial charge is 0.100 e. The second kappa shape index (κ2) is 11.2. The van der Waals surface area contributed by atoms with Crippen LogP contribution in [0.15, 0.2) is 60.7 Å². The number of hydrogen-bond donors (Lipinski definition) is 0. The minimum atomic E-state index is -0.301. The van der Waals surface area contributed by atoms with Crippen molar-refractivity contribution in [3.05, 3.63) is 60.7 Å². The van der Waals surface area contributed by atoms with Gasteiger partial charge in [0.2, 0.25) is 0 Å². The van der Waals surface area contributed by atoms with Crippen molar-refractivity contribution in [2.45, 2.75) is 108 Å². The van der Waals surface area contributed by atoms with Gasteiger partial charge in [0, 0.05) is 0 Å². The summed E-state index contributed by atoms with van der Waals surface area (Å²) in [4.78, 5) is 0. The summed E-state index contributed by atoms with van der Waals surface area (Å²) in [5.41, 5.74) is 3.60. The maximum absolute atomic E-state index is 2.64. The van der Waals surface area contributed by atoms with Crippen molar-refractivity contribution < 1.29 is 0 Å². The number of fused-ring (bicyclic) bond motifs is 2. The maximum atomic E-state index is 2.64. The Balaban J connectivity index is 1.36. The molecule has 36 heavy (non-hydrogen) atoms. The Hall–Kier alpha value is -0.700. The van der Waals surface area contributed by atoms with Crippen molar-refractivity contribution in [1.29, 1.82) is 0 Å². The van der Waals surface area contributed by atoms with Crippen molar-refractivity contribution in [3.63, 3.8) is 0 Å². The van der Waals surface area contributed by atoms with E-state index in [0.717, 1.165) is 34.7 Å². The molecule has 0 spiro atoms. The molecule has 0 heterocycles. The van der Waals surface area contributed by atoms with Gasteiger partial charge in [0.05, 0.1) is 0 Å². The fraction of sp³-hybridized carbons (Fsp3) is 0.647. The van der Waals surface area contributed by atoms with Gasteiger partial charge in [-0.2, -0.15) is 0 Å². The van der Waals surface area contributed by atoms with Crippen molar-refractivity contribution in [1.82, 2.24) is 0 Å². The van der Waals surface area contributed by atoms with Crippen LogP contribution in [0.25, 0.3) is 0 Å². The molecule has 5 aliphatic rings. The van der Waals surface area contributed by atoms with E-state index in [9.17, 15) is 0 Å². The van der Waals surface area contributed by atoms with Gasteiger partial charge < -0.3 is 0 Å². The average molecular weight is 519 g/mol. The summed E-state index contributed by atoms with van der Waals surface area (Å²) < 4.78 is 0. The van der Waals surface area contributed by atoms with Crippen molar-refractivity contribution in [2.75, 3.05) is 6.16 Å².